The van der Waals surface area contributed by atoms with Crippen molar-refractivity contribution in [1.29, 1.82) is 0 Å². The van der Waals surface area contributed by atoms with Crippen LogP contribution in [0.4, 0.5) is 4.39 Å². The molecule has 4 aromatic rings. The van der Waals surface area contributed by atoms with Crippen LogP contribution in [0.3, 0.4) is 0 Å². The average molecular weight is 478 g/mol. The van der Waals surface area contributed by atoms with Crippen molar-refractivity contribution in [3.8, 4) is 22.7 Å². The lowest BCUT2D eigenvalue weighted by Crippen LogP contribution is -2.23. The van der Waals surface area contributed by atoms with Gasteiger partial charge in [0.2, 0.25) is 5.91 Å². The van der Waals surface area contributed by atoms with Gasteiger partial charge in [0.25, 0.3) is 0 Å². The molecule has 3 aromatic carbocycles. The largest absolute Gasteiger partial charge is 0.497 e. The van der Waals surface area contributed by atoms with Gasteiger partial charge in [0.1, 0.15) is 11.6 Å². The average Bonchev–Trinajstić information content (AvgIpc) is 3.25. The number of nitrogens with zero attached hydrogens (tertiary/aromatic N) is 2. The highest BCUT2D eigenvalue weighted by Gasteiger charge is 2.15. The van der Waals surface area contributed by atoms with E-state index in [9.17, 15) is 9.18 Å². The summed E-state index contributed by atoms with van der Waals surface area (Å²) in [5, 5.41) is 8.31. The number of carbonyl (C=O) groups is 1. The molecule has 5 nitrogen and oxygen atoms in total. The maximum atomic E-state index is 14.0. The molecule has 0 fully saturated rings. The molecule has 0 aliphatic heterocycles. The molecule has 0 saturated carbocycles. The second-order valence-corrected chi connectivity index (χ2v) is 8.44. The van der Waals surface area contributed by atoms with Crippen LogP contribution in [0, 0.1) is 12.7 Å². The van der Waals surface area contributed by atoms with Crippen LogP contribution >= 0.6 is 11.6 Å². The van der Waals surface area contributed by atoms with E-state index in [1.165, 1.54) is 12.1 Å². The number of aryl methyl sites for hydroxylation is 2. The SMILES string of the molecule is COc1ccc(-n2nc(CCC(=O)NCc3cccc(Cl)c3)cc2-c2cccc(F)c2)c(C)c1. The number of hydrogen-bond acceptors (Lipinski definition) is 3. The molecule has 1 N–H and O–H groups in total. The summed E-state index contributed by atoms with van der Waals surface area (Å²) >= 11 is 6.00. The maximum Gasteiger partial charge on any atom is 0.220 e. The predicted octanol–water partition coefficient (Wildman–Crippen LogP) is 5.90. The van der Waals surface area contributed by atoms with Crippen LogP contribution in [0.2, 0.25) is 5.02 Å². The Labute approximate surface area is 203 Å². The summed E-state index contributed by atoms with van der Waals surface area (Å²) in [6.07, 6.45) is 0.730. The lowest BCUT2D eigenvalue weighted by molar-refractivity contribution is -0.121. The quantitative estimate of drug-likeness (QED) is 0.344. The van der Waals surface area contributed by atoms with E-state index in [2.05, 4.69) is 5.32 Å². The predicted molar refractivity (Wildman–Crippen MR) is 132 cm³/mol. The number of halogens is 2. The third-order valence-electron chi connectivity index (χ3n) is 5.50. The molecule has 0 aliphatic carbocycles. The summed E-state index contributed by atoms with van der Waals surface area (Å²) in [7, 11) is 1.62. The maximum absolute atomic E-state index is 14.0. The van der Waals surface area contributed by atoms with E-state index in [1.54, 1.807) is 23.9 Å². The summed E-state index contributed by atoms with van der Waals surface area (Å²) < 4.78 is 21.1. The van der Waals surface area contributed by atoms with Gasteiger partial charge in [-0.05, 0) is 66.6 Å². The van der Waals surface area contributed by atoms with Gasteiger partial charge in [0, 0.05) is 30.0 Å². The highest BCUT2D eigenvalue weighted by Crippen LogP contribution is 2.28. The van der Waals surface area contributed by atoms with E-state index < -0.39 is 0 Å². The number of aromatic nitrogens is 2. The molecule has 4 rings (SSSR count). The Bertz CT molecular complexity index is 1320. The molecular formula is C27H25ClFN3O2. The van der Waals surface area contributed by atoms with Gasteiger partial charge >= 0.3 is 0 Å². The van der Waals surface area contributed by atoms with Gasteiger partial charge in [-0.15, -0.1) is 0 Å². The van der Waals surface area contributed by atoms with Crippen molar-refractivity contribution in [1.82, 2.24) is 15.1 Å². The Kier molecular flexibility index (Phi) is 7.28. The first kappa shape index (κ1) is 23.5. The minimum Gasteiger partial charge on any atom is -0.497 e. The lowest BCUT2D eigenvalue weighted by atomic mass is 10.1. The number of nitrogens with one attached hydrogen (secondary N) is 1. The van der Waals surface area contributed by atoms with Gasteiger partial charge in [0.05, 0.1) is 24.2 Å². The van der Waals surface area contributed by atoms with Crippen molar-refractivity contribution in [2.24, 2.45) is 0 Å². The van der Waals surface area contributed by atoms with E-state index in [4.69, 9.17) is 21.4 Å². The van der Waals surface area contributed by atoms with Gasteiger partial charge < -0.3 is 10.1 Å². The van der Waals surface area contributed by atoms with Gasteiger partial charge in [-0.1, -0.05) is 35.9 Å². The third kappa shape index (κ3) is 5.64. The van der Waals surface area contributed by atoms with Crippen LogP contribution < -0.4 is 10.1 Å². The minimum atomic E-state index is -0.321. The van der Waals surface area contributed by atoms with Gasteiger partial charge in [-0.2, -0.15) is 5.10 Å². The number of ether oxygens (including phenoxy) is 1. The summed E-state index contributed by atoms with van der Waals surface area (Å²) in [5.74, 6) is 0.346. The van der Waals surface area contributed by atoms with Crippen LogP contribution in [0.1, 0.15) is 23.2 Å². The highest BCUT2D eigenvalue weighted by atomic mass is 35.5. The fraction of sp³-hybridized carbons (Fsp3) is 0.185. The molecule has 34 heavy (non-hydrogen) atoms. The van der Waals surface area contributed by atoms with E-state index in [0.717, 1.165) is 34.0 Å². The summed E-state index contributed by atoms with van der Waals surface area (Å²) in [4.78, 5) is 12.4. The van der Waals surface area contributed by atoms with Crippen molar-refractivity contribution in [3.05, 3.63) is 100 Å². The molecule has 174 valence electrons. The molecule has 0 spiro atoms. The molecule has 0 aliphatic rings. The fourth-order valence-electron chi connectivity index (χ4n) is 3.76. The van der Waals surface area contributed by atoms with Gasteiger partial charge in [-0.3, -0.25) is 4.79 Å². The second kappa shape index (κ2) is 10.5. The van der Waals surface area contributed by atoms with Crippen LogP contribution in [0.25, 0.3) is 16.9 Å². The van der Waals surface area contributed by atoms with E-state index in [-0.39, 0.29) is 18.1 Å². The third-order valence-corrected chi connectivity index (χ3v) is 5.73. The first-order chi connectivity index (χ1) is 16.4. The number of rotatable bonds is 8. The Morgan fingerprint density at radius 3 is 2.65 bits per heavy atom. The van der Waals surface area contributed by atoms with E-state index >= 15 is 0 Å². The first-order valence-electron chi connectivity index (χ1n) is 10.9. The standard InChI is InChI=1S/C27H25ClFN3O2/c1-18-13-24(34-2)10-11-25(18)32-26(20-6-4-8-22(29)15-20)16-23(31-32)9-12-27(33)30-17-19-5-3-7-21(28)14-19/h3-8,10-11,13-16H,9,12,17H2,1-2H3,(H,30,33). The zero-order valence-electron chi connectivity index (χ0n) is 19.0. The first-order valence-corrected chi connectivity index (χ1v) is 11.3. The molecule has 0 atom stereocenters. The molecule has 0 unspecified atom stereocenters. The Morgan fingerprint density at radius 2 is 1.91 bits per heavy atom. The van der Waals surface area contributed by atoms with Gasteiger partial charge in [0.15, 0.2) is 0 Å². The minimum absolute atomic E-state index is 0.0811. The fourth-order valence-corrected chi connectivity index (χ4v) is 3.97. The van der Waals surface area contributed by atoms with Crippen molar-refractivity contribution in [2.45, 2.75) is 26.3 Å². The molecule has 0 saturated heterocycles. The van der Waals surface area contributed by atoms with Crippen LogP contribution in [0.5, 0.6) is 5.75 Å². The molecule has 0 bridgehead atoms. The number of hydrogen-bond donors (Lipinski definition) is 1. The number of methoxy groups -OCH3 is 1. The summed E-state index contributed by atoms with van der Waals surface area (Å²) in [6, 6.07) is 21.4. The second-order valence-electron chi connectivity index (χ2n) is 8.00. The smallest absolute Gasteiger partial charge is 0.220 e. The highest BCUT2D eigenvalue weighted by molar-refractivity contribution is 6.30. The Balaban J connectivity index is 1.55. The molecule has 1 aromatic heterocycles. The van der Waals surface area contributed by atoms with Crippen molar-refractivity contribution in [2.75, 3.05) is 7.11 Å². The topological polar surface area (TPSA) is 56.2 Å². The Morgan fingerprint density at radius 1 is 1.09 bits per heavy atom. The molecule has 7 heteroatoms. The number of benzene rings is 3. The zero-order chi connectivity index (χ0) is 24.1. The monoisotopic (exact) mass is 477 g/mol. The van der Waals surface area contributed by atoms with Gasteiger partial charge in [-0.25, -0.2) is 9.07 Å². The molecule has 1 heterocycles. The van der Waals surface area contributed by atoms with E-state index in [1.807, 2.05) is 55.5 Å². The van der Waals surface area contributed by atoms with Crippen LogP contribution in [-0.2, 0) is 17.8 Å². The van der Waals surface area contributed by atoms with Crippen molar-refractivity contribution in [3.63, 3.8) is 0 Å². The molecule has 1 amide bonds. The normalized spacial score (nSPS) is 10.8. The van der Waals surface area contributed by atoms with Crippen molar-refractivity contribution >= 4 is 17.5 Å². The number of carbonyl (C=O) groups excluding carboxylic acids is 1. The lowest BCUT2D eigenvalue weighted by Gasteiger charge is -2.12. The summed E-state index contributed by atoms with van der Waals surface area (Å²) in [6.45, 7) is 2.38. The molecule has 0 radical (unpaired) electrons. The van der Waals surface area contributed by atoms with Crippen molar-refractivity contribution < 1.29 is 13.9 Å². The zero-order valence-corrected chi connectivity index (χ0v) is 19.8. The summed E-state index contributed by atoms with van der Waals surface area (Å²) in [5.41, 5.74) is 4.96. The number of amides is 1. The molecular weight excluding hydrogens is 453 g/mol. The van der Waals surface area contributed by atoms with Crippen LogP contribution in [0.15, 0.2) is 72.8 Å². The van der Waals surface area contributed by atoms with E-state index in [0.29, 0.717) is 23.6 Å². The van der Waals surface area contributed by atoms with Crippen LogP contribution in [-0.4, -0.2) is 22.8 Å². The Hall–Kier alpha value is -3.64.